The van der Waals surface area contributed by atoms with E-state index >= 15 is 0 Å². The lowest BCUT2D eigenvalue weighted by atomic mass is 9.46. The van der Waals surface area contributed by atoms with Crippen molar-refractivity contribution in [3.63, 3.8) is 0 Å². The van der Waals surface area contributed by atoms with Crippen molar-refractivity contribution in [3.05, 3.63) is 95.6 Å². The lowest BCUT2D eigenvalue weighted by molar-refractivity contribution is -0.0637. The van der Waals surface area contributed by atoms with Crippen molar-refractivity contribution in [2.45, 2.75) is 130 Å². The number of fused-ring (bicyclic) bond motifs is 10. The van der Waals surface area contributed by atoms with Gasteiger partial charge in [-0.05, 0) is 193 Å². The van der Waals surface area contributed by atoms with Crippen LogP contribution in [0.5, 0.6) is 0 Å². The van der Waals surface area contributed by atoms with Crippen molar-refractivity contribution >= 4 is 17.3 Å². The molecule has 7 nitrogen and oxygen atoms in total. The number of hydrogen-bond acceptors (Lipinski definition) is 7. The third-order valence-corrected chi connectivity index (χ3v) is 19.8. The molecule has 62 heavy (non-hydrogen) atoms. The third kappa shape index (κ3) is 6.91. The summed E-state index contributed by atoms with van der Waals surface area (Å²) in [7, 11) is 3.53. The number of nitrogens with zero attached hydrogens (tertiary/aromatic N) is 2. The maximum absolute atomic E-state index is 13.2. The maximum Gasteiger partial charge on any atom is 0.508 e. The summed E-state index contributed by atoms with van der Waals surface area (Å²) < 4.78 is 23.8. The highest BCUT2D eigenvalue weighted by molar-refractivity contribution is 5.73. The van der Waals surface area contributed by atoms with Gasteiger partial charge in [-0.1, -0.05) is 75.3 Å². The van der Waals surface area contributed by atoms with Gasteiger partial charge >= 0.3 is 6.16 Å². The molecule has 0 radical (unpaired) electrons. The minimum absolute atomic E-state index is 0.155. The van der Waals surface area contributed by atoms with E-state index in [0.29, 0.717) is 47.3 Å². The summed E-state index contributed by atoms with van der Waals surface area (Å²) in [5, 5.41) is 0. The van der Waals surface area contributed by atoms with Gasteiger partial charge in [0.25, 0.3) is 0 Å². The average Bonchev–Trinajstić information content (AvgIpc) is 3.84. The van der Waals surface area contributed by atoms with E-state index in [-0.39, 0.29) is 47.1 Å². The molecule has 0 aliphatic heterocycles. The molecule has 2 aromatic rings. The summed E-state index contributed by atoms with van der Waals surface area (Å²) in [6.07, 6.45) is 33.6. The molecule has 8 aliphatic rings. The molecular weight excluding hydrogens is 769 g/mol. The Kier molecular flexibility index (Phi) is 11.3. The molecule has 2 unspecified atom stereocenters. The SMILES string of the molecule is COC(COC(=O)OCC(OC)[C@H]1CC[C@@]2(C)C(=CC[C@@H]3[C@@H]2CC[C@]2(C)C(c4cccnc4)=CC[C@@H]32)C1)[C@H]1CC[C@@]2(C)C(=CC[C@@H]3[C@@H]2CC[C@]2(C)C(c4cccnc4)=CC[C@@H]32)C1. The summed E-state index contributed by atoms with van der Waals surface area (Å²) in [6, 6.07) is 8.66. The number of rotatable bonds is 10. The fourth-order valence-electron chi connectivity index (χ4n) is 16.2. The van der Waals surface area contributed by atoms with Crippen molar-refractivity contribution < 1.29 is 23.7 Å². The molecule has 0 bridgehead atoms. The van der Waals surface area contributed by atoms with Gasteiger partial charge in [0.1, 0.15) is 13.2 Å². The van der Waals surface area contributed by atoms with Crippen molar-refractivity contribution in [2.75, 3.05) is 27.4 Å². The molecule has 8 aliphatic carbocycles. The van der Waals surface area contributed by atoms with Crippen LogP contribution in [-0.4, -0.2) is 55.8 Å². The van der Waals surface area contributed by atoms with Gasteiger partial charge in [-0.3, -0.25) is 9.97 Å². The molecular formula is C55H72N2O5. The van der Waals surface area contributed by atoms with E-state index in [1.54, 1.807) is 25.4 Å². The van der Waals surface area contributed by atoms with E-state index < -0.39 is 6.16 Å². The van der Waals surface area contributed by atoms with Crippen LogP contribution in [0.25, 0.3) is 11.1 Å². The van der Waals surface area contributed by atoms with Crippen LogP contribution in [0, 0.1) is 69.0 Å². The lowest BCUT2D eigenvalue weighted by Gasteiger charge is -2.58. The number of methoxy groups -OCH3 is 2. The topological polar surface area (TPSA) is 79.8 Å². The van der Waals surface area contributed by atoms with Gasteiger partial charge in [-0.2, -0.15) is 0 Å². The van der Waals surface area contributed by atoms with Crippen molar-refractivity contribution in [1.29, 1.82) is 0 Å². The van der Waals surface area contributed by atoms with Crippen LogP contribution in [0.3, 0.4) is 0 Å². The summed E-state index contributed by atoms with van der Waals surface area (Å²) in [5.41, 5.74) is 9.81. The van der Waals surface area contributed by atoms with Crippen molar-refractivity contribution in [2.24, 2.45) is 69.0 Å². The Balaban J connectivity index is 0.717. The van der Waals surface area contributed by atoms with Gasteiger partial charge < -0.3 is 18.9 Å². The smallest absolute Gasteiger partial charge is 0.432 e. The fraction of sp³-hybridized carbons (Fsp3) is 0.655. The molecule has 0 aromatic carbocycles. The van der Waals surface area contributed by atoms with Crippen LogP contribution in [0.4, 0.5) is 4.79 Å². The minimum atomic E-state index is -0.614. The summed E-state index contributed by atoms with van der Waals surface area (Å²) in [5.74, 6) is 4.88. The normalized spacial score (nSPS) is 40.4. The van der Waals surface area contributed by atoms with Crippen LogP contribution < -0.4 is 0 Å². The highest BCUT2D eigenvalue weighted by Gasteiger charge is 2.59. The van der Waals surface area contributed by atoms with Gasteiger partial charge in [0, 0.05) is 39.0 Å². The summed E-state index contributed by atoms with van der Waals surface area (Å²) in [4.78, 5) is 22.1. The Bertz CT molecular complexity index is 1960. The zero-order valence-corrected chi connectivity index (χ0v) is 38.5. The number of pyridine rings is 2. The predicted octanol–water partition coefficient (Wildman–Crippen LogP) is 12.5. The summed E-state index contributed by atoms with van der Waals surface area (Å²) >= 11 is 0. The van der Waals surface area contributed by atoms with Gasteiger partial charge in [-0.25, -0.2) is 4.79 Å². The monoisotopic (exact) mass is 841 g/mol. The molecule has 0 saturated heterocycles. The molecule has 0 spiro atoms. The van der Waals surface area contributed by atoms with Crippen LogP contribution in [0.15, 0.2) is 84.5 Å². The zero-order valence-electron chi connectivity index (χ0n) is 38.5. The number of hydrogen-bond donors (Lipinski definition) is 0. The molecule has 7 heteroatoms. The van der Waals surface area contributed by atoms with Crippen molar-refractivity contribution in [3.8, 4) is 0 Å². The predicted molar refractivity (Wildman–Crippen MR) is 244 cm³/mol. The first kappa shape index (κ1) is 42.4. The average molecular weight is 841 g/mol. The van der Waals surface area contributed by atoms with E-state index in [4.69, 9.17) is 18.9 Å². The standard InChI is InChI=1S/C55H72N2O5/c1-52-23-19-35(29-39(52)11-13-41-45-17-15-43(37-9-7-27-56-31-37)54(45,3)25-21-47(41)52)49(59-5)33-61-51(58)62-34-50(60-6)36-20-24-53(2)40(30-36)12-14-42-46-18-16-44(38-10-8-28-57-32-38)55(46,4)26-22-48(42)53/h7-12,15-16,27-28,31-32,35-36,41-42,45-50H,13-14,17-26,29-30,33-34H2,1-6H3/t35-,36-,41-,42-,45-,46-,47-,48-,49?,50?,52-,53-,54+,55+/m0/s1. The molecule has 14 atom stereocenters. The Morgan fingerprint density at radius 1 is 0.597 bits per heavy atom. The lowest BCUT2D eigenvalue weighted by Crippen LogP contribution is -2.50. The molecule has 0 N–H and O–H groups in total. The Morgan fingerprint density at radius 2 is 1.03 bits per heavy atom. The molecule has 0 amide bonds. The largest absolute Gasteiger partial charge is 0.508 e. The molecule has 332 valence electrons. The maximum atomic E-state index is 13.2. The Hall–Kier alpha value is -3.55. The van der Waals surface area contributed by atoms with Crippen LogP contribution in [-0.2, 0) is 18.9 Å². The molecule has 10 rings (SSSR count). The first-order valence-corrected chi connectivity index (χ1v) is 24.5. The van der Waals surface area contributed by atoms with E-state index in [9.17, 15) is 4.79 Å². The number of aromatic nitrogens is 2. The molecule has 4 fully saturated rings. The highest BCUT2D eigenvalue weighted by atomic mass is 16.7. The zero-order chi connectivity index (χ0) is 42.9. The molecule has 2 heterocycles. The van der Waals surface area contributed by atoms with Gasteiger partial charge in [-0.15, -0.1) is 0 Å². The van der Waals surface area contributed by atoms with Gasteiger partial charge in [0.2, 0.25) is 0 Å². The van der Waals surface area contributed by atoms with E-state index in [1.807, 2.05) is 12.4 Å². The highest BCUT2D eigenvalue weighted by Crippen LogP contribution is 2.68. The van der Waals surface area contributed by atoms with E-state index in [1.165, 1.54) is 86.5 Å². The fourth-order valence-corrected chi connectivity index (χ4v) is 16.2. The summed E-state index contributed by atoms with van der Waals surface area (Å²) in [6.45, 7) is 10.6. The quantitative estimate of drug-likeness (QED) is 0.174. The van der Waals surface area contributed by atoms with Gasteiger partial charge in [0.15, 0.2) is 0 Å². The number of carbonyl (C=O) groups excluding carboxylic acids is 1. The third-order valence-electron chi connectivity index (χ3n) is 19.8. The Labute approximate surface area is 371 Å². The number of carbonyl (C=O) groups is 1. The first-order valence-electron chi connectivity index (χ1n) is 24.5. The molecule has 4 saturated carbocycles. The second kappa shape index (κ2) is 16.5. The van der Waals surface area contributed by atoms with Crippen LogP contribution in [0.1, 0.15) is 129 Å². The van der Waals surface area contributed by atoms with Crippen LogP contribution >= 0.6 is 0 Å². The van der Waals surface area contributed by atoms with E-state index in [0.717, 1.165) is 25.7 Å². The van der Waals surface area contributed by atoms with E-state index in [2.05, 4.69) is 98.6 Å². The number of allylic oxidation sites excluding steroid dienone is 8. The molecule has 2 aromatic heterocycles. The Morgan fingerprint density at radius 3 is 1.44 bits per heavy atom. The minimum Gasteiger partial charge on any atom is -0.432 e. The number of ether oxygens (including phenoxy) is 4. The van der Waals surface area contributed by atoms with Crippen molar-refractivity contribution in [1.82, 2.24) is 9.97 Å². The first-order chi connectivity index (χ1) is 30.0. The van der Waals surface area contributed by atoms with Crippen LogP contribution in [0.2, 0.25) is 0 Å². The van der Waals surface area contributed by atoms with Gasteiger partial charge in [0.05, 0.1) is 12.2 Å². The second-order valence-corrected chi connectivity index (χ2v) is 22.0. The second-order valence-electron chi connectivity index (χ2n) is 22.0.